The number of benzene rings is 2. The first-order valence-corrected chi connectivity index (χ1v) is 11.9. The molecule has 0 aliphatic rings. The van der Waals surface area contributed by atoms with Crippen molar-refractivity contribution in [2.75, 3.05) is 31.5 Å². The van der Waals surface area contributed by atoms with E-state index in [1.165, 1.54) is 6.07 Å². The van der Waals surface area contributed by atoms with Gasteiger partial charge in [-0.2, -0.15) is 13.2 Å². The van der Waals surface area contributed by atoms with Gasteiger partial charge in [0.1, 0.15) is 5.52 Å². The molecule has 0 unspecified atom stereocenters. The molecule has 0 saturated heterocycles. The third kappa shape index (κ3) is 5.37. The number of halogens is 3. The van der Waals surface area contributed by atoms with Gasteiger partial charge in [0.25, 0.3) is 0 Å². The van der Waals surface area contributed by atoms with Crippen LogP contribution in [0.2, 0.25) is 0 Å². The first kappa shape index (κ1) is 24.9. The fraction of sp³-hybridized carbons (Fsp3) is 0.370. The van der Waals surface area contributed by atoms with Crippen LogP contribution in [0.3, 0.4) is 0 Å². The monoisotopic (exact) mass is 481 g/mol. The minimum Gasteiger partial charge on any atom is -0.384 e. The number of pyridine rings is 1. The highest BCUT2D eigenvalue weighted by Gasteiger charge is 2.30. The minimum atomic E-state index is -4.42. The fourth-order valence-electron chi connectivity index (χ4n) is 4.22. The van der Waals surface area contributed by atoms with Gasteiger partial charge in [0.15, 0.2) is 0 Å². The van der Waals surface area contributed by atoms with Gasteiger partial charge >= 0.3 is 6.18 Å². The number of nitrogens with zero attached hydrogens (tertiary/aromatic N) is 4. The second-order valence-electron chi connectivity index (χ2n) is 8.66. The highest BCUT2D eigenvalue weighted by Crippen LogP contribution is 2.35. The second kappa shape index (κ2) is 10.2. The van der Waals surface area contributed by atoms with Crippen LogP contribution in [0.15, 0.2) is 42.5 Å². The molecule has 0 atom stereocenters. The molecule has 0 amide bonds. The normalized spacial score (nSPS) is 12.1. The summed E-state index contributed by atoms with van der Waals surface area (Å²) in [4.78, 5) is 16.6. The third-order valence-corrected chi connectivity index (χ3v) is 6.36. The van der Waals surface area contributed by atoms with Crippen molar-refractivity contribution < 1.29 is 13.2 Å². The zero-order valence-corrected chi connectivity index (χ0v) is 20.5. The minimum absolute atomic E-state index is 0.416. The Morgan fingerprint density at radius 3 is 2.31 bits per heavy atom. The summed E-state index contributed by atoms with van der Waals surface area (Å²) in [6, 6.07) is 10.8. The van der Waals surface area contributed by atoms with Crippen molar-refractivity contribution in [3.8, 4) is 11.3 Å². The van der Waals surface area contributed by atoms with E-state index in [1.54, 1.807) is 6.07 Å². The van der Waals surface area contributed by atoms with Crippen LogP contribution in [0.4, 0.5) is 18.9 Å². The number of alkyl halides is 3. The average Bonchev–Trinajstić information content (AvgIpc) is 2.84. The second-order valence-corrected chi connectivity index (χ2v) is 8.66. The average molecular weight is 482 g/mol. The molecule has 0 bridgehead atoms. The van der Waals surface area contributed by atoms with E-state index in [4.69, 9.17) is 9.97 Å². The summed E-state index contributed by atoms with van der Waals surface area (Å²) in [5, 5.41) is 4.35. The molecule has 4 aromatic rings. The molecule has 1 N–H and O–H groups in total. The number of aryl methyl sites for hydroxylation is 2. The van der Waals surface area contributed by atoms with Crippen molar-refractivity contribution >= 4 is 27.6 Å². The van der Waals surface area contributed by atoms with Gasteiger partial charge < -0.3 is 10.2 Å². The number of fused-ring (bicyclic) bond motifs is 3. The molecule has 0 fully saturated rings. The smallest absolute Gasteiger partial charge is 0.384 e. The van der Waals surface area contributed by atoms with Gasteiger partial charge in [0.2, 0.25) is 0 Å². The molecular formula is C27H30F3N5. The Morgan fingerprint density at radius 2 is 1.60 bits per heavy atom. The van der Waals surface area contributed by atoms with Crippen molar-refractivity contribution in [1.29, 1.82) is 0 Å². The Kier molecular flexibility index (Phi) is 7.21. The maximum atomic E-state index is 13.3. The van der Waals surface area contributed by atoms with Crippen LogP contribution in [-0.4, -0.2) is 46.0 Å². The Labute approximate surface area is 203 Å². The summed E-state index contributed by atoms with van der Waals surface area (Å²) >= 11 is 0. The molecule has 2 aromatic carbocycles. The first-order chi connectivity index (χ1) is 16.7. The lowest BCUT2D eigenvalue weighted by Crippen LogP contribution is -2.25. The van der Waals surface area contributed by atoms with E-state index in [-0.39, 0.29) is 0 Å². The van der Waals surface area contributed by atoms with Crippen LogP contribution in [0.5, 0.6) is 0 Å². The molecule has 0 aliphatic heterocycles. The van der Waals surface area contributed by atoms with Gasteiger partial charge in [-0.05, 0) is 70.2 Å². The Hall–Kier alpha value is -3.26. The summed E-state index contributed by atoms with van der Waals surface area (Å²) in [6.07, 6.45) is -3.49. The van der Waals surface area contributed by atoms with E-state index in [0.717, 1.165) is 71.7 Å². The number of anilines is 1. The van der Waals surface area contributed by atoms with E-state index < -0.39 is 11.7 Å². The summed E-state index contributed by atoms with van der Waals surface area (Å²) in [6.45, 7) is 11.8. The molecule has 184 valence electrons. The molecular weight excluding hydrogens is 451 g/mol. The van der Waals surface area contributed by atoms with Crippen molar-refractivity contribution in [1.82, 2.24) is 19.9 Å². The highest BCUT2D eigenvalue weighted by molar-refractivity contribution is 6.10. The van der Waals surface area contributed by atoms with E-state index in [9.17, 15) is 13.2 Å². The molecule has 8 heteroatoms. The molecule has 0 saturated carbocycles. The Balaban J connectivity index is 1.82. The quantitative estimate of drug-likeness (QED) is 0.226. The first-order valence-electron chi connectivity index (χ1n) is 11.9. The van der Waals surface area contributed by atoms with Gasteiger partial charge in [-0.25, -0.2) is 15.0 Å². The SMILES string of the molecule is CCN(CC)CCCNc1cc(-c2cccc(C(F)(F)F)c2)nc2ccc3nc(C)c(C)nc3c12. The zero-order valence-electron chi connectivity index (χ0n) is 20.5. The van der Waals surface area contributed by atoms with Crippen LogP contribution < -0.4 is 5.32 Å². The standard InChI is InChI=1S/C27H30F3N5/c1-5-35(6-2)14-8-13-31-24-16-23(19-9-7-10-20(15-19)27(28,29)30)34-21-11-12-22-26(25(21)24)33-18(4)17(3)32-22/h7,9-12,15-16H,5-6,8,13-14H2,1-4H3,(H,31,34). The topological polar surface area (TPSA) is 53.9 Å². The summed E-state index contributed by atoms with van der Waals surface area (Å²) in [5.74, 6) is 0. The lowest BCUT2D eigenvalue weighted by molar-refractivity contribution is -0.137. The van der Waals surface area contributed by atoms with Gasteiger partial charge in [0, 0.05) is 17.8 Å². The third-order valence-electron chi connectivity index (χ3n) is 6.36. The number of hydrogen-bond acceptors (Lipinski definition) is 5. The molecule has 2 aromatic heterocycles. The molecule has 5 nitrogen and oxygen atoms in total. The predicted octanol–water partition coefficient (Wildman–Crippen LogP) is 6.62. The van der Waals surface area contributed by atoms with Crippen LogP contribution in [-0.2, 0) is 6.18 Å². The summed E-state index contributed by atoms with van der Waals surface area (Å²) in [7, 11) is 0. The fourth-order valence-corrected chi connectivity index (χ4v) is 4.22. The molecule has 0 aliphatic carbocycles. The number of nitrogens with one attached hydrogen (secondary N) is 1. The lowest BCUT2D eigenvalue weighted by atomic mass is 10.0. The molecule has 2 heterocycles. The van der Waals surface area contributed by atoms with Crippen molar-refractivity contribution in [3.63, 3.8) is 0 Å². The number of hydrogen-bond donors (Lipinski definition) is 1. The van der Waals surface area contributed by atoms with Crippen LogP contribution in [0, 0.1) is 13.8 Å². The number of rotatable bonds is 8. The van der Waals surface area contributed by atoms with E-state index >= 15 is 0 Å². The molecule has 35 heavy (non-hydrogen) atoms. The van der Waals surface area contributed by atoms with E-state index in [2.05, 4.69) is 29.0 Å². The predicted molar refractivity (Wildman–Crippen MR) is 136 cm³/mol. The van der Waals surface area contributed by atoms with Crippen LogP contribution in [0.25, 0.3) is 33.2 Å². The Bertz CT molecular complexity index is 1350. The van der Waals surface area contributed by atoms with Gasteiger partial charge in [0.05, 0.1) is 39.1 Å². The summed E-state index contributed by atoms with van der Waals surface area (Å²) in [5.41, 5.74) is 4.85. The highest BCUT2D eigenvalue weighted by atomic mass is 19.4. The molecule has 0 radical (unpaired) electrons. The van der Waals surface area contributed by atoms with E-state index in [1.807, 2.05) is 32.0 Å². The molecule has 4 rings (SSSR count). The largest absolute Gasteiger partial charge is 0.416 e. The number of aromatic nitrogens is 3. The van der Waals surface area contributed by atoms with Crippen LogP contribution in [0.1, 0.15) is 37.2 Å². The van der Waals surface area contributed by atoms with Crippen LogP contribution >= 0.6 is 0 Å². The molecule has 0 spiro atoms. The maximum Gasteiger partial charge on any atom is 0.416 e. The maximum absolute atomic E-state index is 13.3. The van der Waals surface area contributed by atoms with Crippen molar-refractivity contribution in [2.24, 2.45) is 0 Å². The Morgan fingerprint density at radius 1 is 0.886 bits per heavy atom. The zero-order chi connectivity index (χ0) is 25.2. The summed E-state index contributed by atoms with van der Waals surface area (Å²) < 4.78 is 40.0. The van der Waals surface area contributed by atoms with Gasteiger partial charge in [-0.3, -0.25) is 0 Å². The van der Waals surface area contributed by atoms with Crippen molar-refractivity contribution in [2.45, 2.75) is 40.3 Å². The lowest BCUT2D eigenvalue weighted by Gasteiger charge is -2.19. The van der Waals surface area contributed by atoms with Crippen molar-refractivity contribution in [3.05, 3.63) is 59.4 Å². The van der Waals surface area contributed by atoms with E-state index in [0.29, 0.717) is 23.3 Å². The van der Waals surface area contributed by atoms with Gasteiger partial charge in [-0.15, -0.1) is 0 Å². The van der Waals surface area contributed by atoms with Gasteiger partial charge in [-0.1, -0.05) is 26.0 Å².